The van der Waals surface area contributed by atoms with Crippen molar-refractivity contribution >= 4 is 6.09 Å². The number of nitrogens with one attached hydrogen (secondary N) is 2. The topological polar surface area (TPSA) is 86.9 Å². The average molecular weight is 578 g/mol. The van der Waals surface area contributed by atoms with Crippen molar-refractivity contribution in [1.82, 2.24) is 24.8 Å². The summed E-state index contributed by atoms with van der Waals surface area (Å²) in [6.07, 6.45) is 11.4. The summed E-state index contributed by atoms with van der Waals surface area (Å²) in [5.41, 5.74) is 9.34. The van der Waals surface area contributed by atoms with Gasteiger partial charge >= 0.3 is 6.09 Å². The Bertz CT molecular complexity index is 1640. The molecule has 1 amide bonds. The number of rotatable bonds is 5. The maximum atomic E-state index is 13.0. The normalized spacial score (nSPS) is 23.3. The molecule has 3 heterocycles. The van der Waals surface area contributed by atoms with E-state index in [1.807, 2.05) is 38.1 Å². The number of hydrogen-bond donors (Lipinski definition) is 2. The molecule has 4 aromatic rings. The number of H-pyrrole nitrogens is 2. The number of likely N-dealkylation sites (tertiary alicyclic amines) is 1. The molecule has 7 heteroatoms. The molecule has 2 aromatic heterocycles. The fraction of sp³-hybridized carbons (Fsp3) is 0.472. The molecule has 3 aliphatic rings. The van der Waals surface area contributed by atoms with E-state index in [2.05, 4.69) is 60.2 Å². The lowest BCUT2D eigenvalue weighted by molar-refractivity contribution is 0.0151. The van der Waals surface area contributed by atoms with Crippen LogP contribution in [0.4, 0.5) is 4.79 Å². The van der Waals surface area contributed by atoms with Crippen LogP contribution in [0.1, 0.15) is 101 Å². The number of carbonyl (C=O) groups is 1. The molecule has 43 heavy (non-hydrogen) atoms. The monoisotopic (exact) mass is 577 g/mol. The zero-order valence-corrected chi connectivity index (χ0v) is 26.0. The fourth-order valence-corrected chi connectivity index (χ4v) is 7.35. The van der Waals surface area contributed by atoms with Crippen LogP contribution in [0.3, 0.4) is 0 Å². The Hall–Kier alpha value is -3.87. The van der Waals surface area contributed by atoms with Crippen LogP contribution in [0.5, 0.6) is 0 Å². The minimum Gasteiger partial charge on any atom is -0.444 e. The summed E-state index contributed by atoms with van der Waals surface area (Å²) in [6, 6.07) is 13.4. The SMILES string of the molecule is C[C@H]1CC[C@@H](c2ncc(-c3ccc(-c4ccc(-c5cnc([C@@H]6CC[C@H](C)N6C(=O)OC(C)(C)C)[nH]5)c5c4CC5)cc3)[nH]2)C1. The van der Waals surface area contributed by atoms with Crippen molar-refractivity contribution in [3.63, 3.8) is 0 Å². The molecule has 2 aliphatic carbocycles. The van der Waals surface area contributed by atoms with Gasteiger partial charge in [0.1, 0.15) is 17.2 Å². The highest BCUT2D eigenvalue weighted by Crippen LogP contribution is 2.42. The van der Waals surface area contributed by atoms with Crippen molar-refractivity contribution in [2.75, 3.05) is 0 Å². The number of aromatic amines is 2. The number of imidazole rings is 2. The van der Waals surface area contributed by atoms with Crippen LogP contribution in [0.15, 0.2) is 48.8 Å². The molecule has 2 aromatic carbocycles. The van der Waals surface area contributed by atoms with Gasteiger partial charge in [0.25, 0.3) is 0 Å². The zero-order valence-electron chi connectivity index (χ0n) is 26.0. The standard InChI is InChI=1S/C36H43N5O2/c1-21-6-8-25(18-21)33-37-19-30(39-33)24-11-9-23(10-12-24)26-13-16-29(28-15-14-27(26)28)31-20-38-34(40-31)32-17-7-22(2)41(32)35(42)43-36(3,4)5/h9-13,16,19-22,25,32H,6-8,14-15,17-18H2,1-5H3,(H,37,39)(H,38,40)/t21-,22-,25+,32-/m0/s1. The second-order valence-corrected chi connectivity index (χ2v) is 14.0. The van der Waals surface area contributed by atoms with Gasteiger partial charge in [0.15, 0.2) is 0 Å². The number of benzene rings is 2. The van der Waals surface area contributed by atoms with Crippen LogP contribution in [-0.4, -0.2) is 42.6 Å². The van der Waals surface area contributed by atoms with E-state index in [1.54, 1.807) is 0 Å². The summed E-state index contributed by atoms with van der Waals surface area (Å²) < 4.78 is 5.73. The van der Waals surface area contributed by atoms with Crippen molar-refractivity contribution in [3.8, 4) is 33.6 Å². The van der Waals surface area contributed by atoms with Crippen LogP contribution < -0.4 is 0 Å². The number of nitrogens with zero attached hydrogens (tertiary/aromatic N) is 3. The Morgan fingerprint density at radius 1 is 0.814 bits per heavy atom. The van der Waals surface area contributed by atoms with Crippen LogP contribution in [0, 0.1) is 5.92 Å². The summed E-state index contributed by atoms with van der Waals surface area (Å²) in [6.45, 7) is 10.2. The molecule has 0 unspecified atom stereocenters. The zero-order chi connectivity index (χ0) is 29.9. The van der Waals surface area contributed by atoms with E-state index in [0.717, 1.165) is 54.6 Å². The van der Waals surface area contributed by atoms with E-state index in [-0.39, 0.29) is 18.2 Å². The van der Waals surface area contributed by atoms with Gasteiger partial charge in [-0.2, -0.15) is 0 Å². The third-order valence-corrected chi connectivity index (χ3v) is 9.71. The van der Waals surface area contributed by atoms with Crippen LogP contribution in [0.2, 0.25) is 0 Å². The predicted molar refractivity (Wildman–Crippen MR) is 170 cm³/mol. The third-order valence-electron chi connectivity index (χ3n) is 9.71. The number of carbonyl (C=O) groups excluding carboxylic acids is 1. The van der Waals surface area contributed by atoms with Gasteiger partial charge in [-0.1, -0.05) is 43.3 Å². The lowest BCUT2D eigenvalue weighted by Crippen LogP contribution is -2.40. The lowest BCUT2D eigenvalue weighted by atomic mass is 9.79. The molecule has 0 bridgehead atoms. The maximum absolute atomic E-state index is 13.0. The van der Waals surface area contributed by atoms with Gasteiger partial charge < -0.3 is 14.7 Å². The molecule has 0 radical (unpaired) electrons. The summed E-state index contributed by atoms with van der Waals surface area (Å²) in [5.74, 6) is 3.34. The van der Waals surface area contributed by atoms with Crippen molar-refractivity contribution in [2.24, 2.45) is 5.92 Å². The van der Waals surface area contributed by atoms with Gasteiger partial charge in [-0.3, -0.25) is 4.90 Å². The minimum atomic E-state index is -0.529. The highest BCUT2D eigenvalue weighted by molar-refractivity contribution is 5.79. The average Bonchev–Trinajstić information content (AvgIpc) is 3.75. The molecule has 7 nitrogen and oxygen atoms in total. The second-order valence-electron chi connectivity index (χ2n) is 14.0. The predicted octanol–water partition coefficient (Wildman–Crippen LogP) is 8.60. The van der Waals surface area contributed by atoms with E-state index in [9.17, 15) is 4.79 Å². The van der Waals surface area contributed by atoms with Crippen LogP contribution >= 0.6 is 0 Å². The number of hydrogen-bond acceptors (Lipinski definition) is 4. The van der Waals surface area contributed by atoms with Gasteiger partial charge in [-0.05, 0) is 106 Å². The molecule has 2 fully saturated rings. The summed E-state index contributed by atoms with van der Waals surface area (Å²) >= 11 is 0. The highest BCUT2D eigenvalue weighted by atomic mass is 16.6. The smallest absolute Gasteiger partial charge is 0.411 e. The van der Waals surface area contributed by atoms with Gasteiger partial charge in [-0.25, -0.2) is 14.8 Å². The summed E-state index contributed by atoms with van der Waals surface area (Å²) in [7, 11) is 0. The molecule has 0 spiro atoms. The van der Waals surface area contributed by atoms with E-state index in [1.165, 1.54) is 52.6 Å². The highest BCUT2D eigenvalue weighted by Gasteiger charge is 2.39. The first-order valence-corrected chi connectivity index (χ1v) is 16.0. The van der Waals surface area contributed by atoms with Crippen molar-refractivity contribution in [3.05, 3.63) is 71.6 Å². The molecule has 1 saturated carbocycles. The Balaban J connectivity index is 1.10. The van der Waals surface area contributed by atoms with E-state index < -0.39 is 5.60 Å². The number of amides is 1. The number of ether oxygens (including phenoxy) is 1. The first-order chi connectivity index (χ1) is 20.6. The molecule has 1 aliphatic heterocycles. The van der Waals surface area contributed by atoms with Gasteiger partial charge in [0, 0.05) is 17.5 Å². The Morgan fingerprint density at radius 2 is 1.47 bits per heavy atom. The Kier molecular flexibility index (Phi) is 6.94. The van der Waals surface area contributed by atoms with E-state index in [4.69, 9.17) is 14.7 Å². The Morgan fingerprint density at radius 3 is 2.16 bits per heavy atom. The fourth-order valence-electron chi connectivity index (χ4n) is 7.35. The van der Waals surface area contributed by atoms with E-state index >= 15 is 0 Å². The molecule has 2 N–H and O–H groups in total. The van der Waals surface area contributed by atoms with Gasteiger partial charge in [-0.15, -0.1) is 0 Å². The third kappa shape index (κ3) is 5.28. The van der Waals surface area contributed by atoms with Crippen LogP contribution in [-0.2, 0) is 17.6 Å². The molecular weight excluding hydrogens is 534 g/mol. The maximum Gasteiger partial charge on any atom is 0.411 e. The van der Waals surface area contributed by atoms with Gasteiger partial charge in [0.2, 0.25) is 0 Å². The van der Waals surface area contributed by atoms with Crippen molar-refractivity contribution in [1.29, 1.82) is 0 Å². The summed E-state index contributed by atoms with van der Waals surface area (Å²) in [5, 5.41) is 0. The largest absolute Gasteiger partial charge is 0.444 e. The molecular formula is C36H43N5O2. The molecule has 1 saturated heterocycles. The summed E-state index contributed by atoms with van der Waals surface area (Å²) in [4.78, 5) is 31.6. The Labute approximate surface area is 254 Å². The minimum absolute atomic E-state index is 0.102. The van der Waals surface area contributed by atoms with Crippen molar-refractivity contribution in [2.45, 2.75) is 103 Å². The van der Waals surface area contributed by atoms with Crippen molar-refractivity contribution < 1.29 is 9.53 Å². The van der Waals surface area contributed by atoms with Crippen LogP contribution in [0.25, 0.3) is 33.6 Å². The van der Waals surface area contributed by atoms with E-state index in [0.29, 0.717) is 5.92 Å². The van der Waals surface area contributed by atoms with Gasteiger partial charge in [0.05, 0.1) is 29.8 Å². The molecule has 4 atom stereocenters. The quantitative estimate of drug-likeness (QED) is 0.249. The molecule has 224 valence electrons. The second kappa shape index (κ2) is 10.7. The number of aromatic nitrogens is 4. The number of fused-ring (bicyclic) bond motifs is 1. The lowest BCUT2D eigenvalue weighted by Gasteiger charge is -2.30. The first kappa shape index (κ1) is 27.9. The first-order valence-electron chi connectivity index (χ1n) is 16.0. The molecule has 7 rings (SSSR count).